The Hall–Kier alpha value is -2.41. The number of carbonyl (C=O) groups is 3. The molecule has 1 unspecified atom stereocenters. The summed E-state index contributed by atoms with van der Waals surface area (Å²) in [5.41, 5.74) is 1.59. The Morgan fingerprint density at radius 1 is 1.26 bits per heavy atom. The lowest BCUT2D eigenvalue weighted by Crippen LogP contribution is -3.14. The van der Waals surface area contributed by atoms with Gasteiger partial charge >= 0.3 is 5.97 Å². The number of rotatable bonds is 6. The van der Waals surface area contributed by atoms with E-state index in [1.807, 2.05) is 31.2 Å². The zero-order valence-corrected chi connectivity index (χ0v) is 15.8. The van der Waals surface area contributed by atoms with Crippen LogP contribution in [-0.4, -0.2) is 50.6 Å². The average molecular weight is 374 g/mol. The van der Waals surface area contributed by atoms with Crippen molar-refractivity contribution in [1.82, 2.24) is 0 Å². The Morgan fingerprint density at radius 2 is 2.04 bits per heavy atom. The average Bonchev–Trinajstić information content (AvgIpc) is 3.08. The van der Waals surface area contributed by atoms with Crippen LogP contribution in [0.25, 0.3) is 0 Å². The highest BCUT2D eigenvalue weighted by Gasteiger charge is 2.30. The van der Waals surface area contributed by atoms with Crippen LogP contribution in [0.15, 0.2) is 24.3 Å². The van der Waals surface area contributed by atoms with E-state index in [-0.39, 0.29) is 23.7 Å². The van der Waals surface area contributed by atoms with Gasteiger partial charge in [-0.25, -0.2) is 0 Å². The highest BCUT2D eigenvalue weighted by atomic mass is 16.5. The van der Waals surface area contributed by atoms with Crippen molar-refractivity contribution in [3.63, 3.8) is 0 Å². The fourth-order valence-corrected chi connectivity index (χ4v) is 3.85. The van der Waals surface area contributed by atoms with Crippen LogP contribution in [0.1, 0.15) is 32.6 Å². The van der Waals surface area contributed by atoms with Gasteiger partial charge in [-0.1, -0.05) is 0 Å². The summed E-state index contributed by atoms with van der Waals surface area (Å²) in [5.74, 6) is -0.183. The fourth-order valence-electron chi connectivity index (χ4n) is 3.85. The number of esters is 1. The molecule has 1 aromatic rings. The smallest absolute Gasteiger partial charge is 0.314 e. The molecule has 7 nitrogen and oxygen atoms in total. The highest BCUT2D eigenvalue weighted by Crippen LogP contribution is 2.22. The van der Waals surface area contributed by atoms with Gasteiger partial charge in [0, 0.05) is 24.3 Å². The maximum Gasteiger partial charge on any atom is 0.314 e. The van der Waals surface area contributed by atoms with Crippen LogP contribution in [0, 0.1) is 5.92 Å². The second-order valence-corrected chi connectivity index (χ2v) is 7.22. The lowest BCUT2D eigenvalue weighted by Gasteiger charge is -2.28. The summed E-state index contributed by atoms with van der Waals surface area (Å²) in [6.07, 6.45) is 3.25. The van der Waals surface area contributed by atoms with Crippen molar-refractivity contribution in [1.29, 1.82) is 0 Å². The van der Waals surface area contributed by atoms with Crippen LogP contribution in [0.5, 0.6) is 0 Å². The lowest BCUT2D eigenvalue weighted by atomic mass is 9.98. The molecule has 0 saturated carbocycles. The Labute approximate surface area is 159 Å². The van der Waals surface area contributed by atoms with Crippen LogP contribution in [0.4, 0.5) is 11.4 Å². The van der Waals surface area contributed by atoms with Crippen molar-refractivity contribution < 1.29 is 24.0 Å². The van der Waals surface area contributed by atoms with Gasteiger partial charge in [0.25, 0.3) is 5.91 Å². The molecule has 7 heteroatoms. The number of carbonyl (C=O) groups excluding carboxylic acids is 3. The molecular weight excluding hydrogens is 346 g/mol. The first-order valence-electron chi connectivity index (χ1n) is 9.77. The number of hydrogen-bond donors (Lipinski definition) is 2. The molecule has 0 radical (unpaired) electrons. The zero-order chi connectivity index (χ0) is 19.2. The Morgan fingerprint density at radius 3 is 2.70 bits per heavy atom. The number of amides is 2. The number of nitrogens with one attached hydrogen (secondary N) is 2. The molecule has 27 heavy (non-hydrogen) atoms. The van der Waals surface area contributed by atoms with Crippen molar-refractivity contribution in [2.75, 3.05) is 43.0 Å². The third kappa shape index (κ3) is 5.07. The summed E-state index contributed by atoms with van der Waals surface area (Å²) in [6.45, 7) is 4.82. The predicted octanol–water partition coefficient (Wildman–Crippen LogP) is 0.610. The Kier molecular flexibility index (Phi) is 6.45. The Balaban J connectivity index is 1.50. The van der Waals surface area contributed by atoms with Gasteiger partial charge in [0.1, 0.15) is 5.92 Å². The summed E-state index contributed by atoms with van der Waals surface area (Å²) < 4.78 is 5.11. The van der Waals surface area contributed by atoms with E-state index in [2.05, 4.69) is 5.32 Å². The van der Waals surface area contributed by atoms with E-state index in [4.69, 9.17) is 4.74 Å². The quantitative estimate of drug-likeness (QED) is 0.715. The number of nitrogens with zero attached hydrogens (tertiary/aromatic N) is 1. The third-order valence-electron chi connectivity index (χ3n) is 5.18. The van der Waals surface area contributed by atoms with E-state index >= 15 is 0 Å². The van der Waals surface area contributed by atoms with Crippen LogP contribution in [0.2, 0.25) is 0 Å². The van der Waals surface area contributed by atoms with E-state index in [9.17, 15) is 14.4 Å². The van der Waals surface area contributed by atoms with Crippen LogP contribution < -0.4 is 15.1 Å². The van der Waals surface area contributed by atoms with E-state index in [1.54, 1.807) is 4.90 Å². The molecule has 2 atom stereocenters. The summed E-state index contributed by atoms with van der Waals surface area (Å²) in [7, 11) is 0. The van der Waals surface area contributed by atoms with Gasteiger partial charge in [-0.05, 0) is 50.5 Å². The first-order valence-corrected chi connectivity index (χ1v) is 9.77. The molecule has 2 aliphatic rings. The second-order valence-electron chi connectivity index (χ2n) is 7.22. The van der Waals surface area contributed by atoms with Gasteiger partial charge in [0.2, 0.25) is 5.91 Å². The van der Waals surface area contributed by atoms with Crippen molar-refractivity contribution >= 4 is 29.2 Å². The third-order valence-corrected chi connectivity index (χ3v) is 5.18. The molecule has 2 saturated heterocycles. The van der Waals surface area contributed by atoms with Crippen molar-refractivity contribution in [3.05, 3.63) is 24.3 Å². The summed E-state index contributed by atoms with van der Waals surface area (Å²) >= 11 is 0. The van der Waals surface area contributed by atoms with Gasteiger partial charge in [0.05, 0.1) is 19.7 Å². The molecular formula is C20H28N3O4+. The van der Waals surface area contributed by atoms with Crippen molar-refractivity contribution in [3.8, 4) is 0 Å². The summed E-state index contributed by atoms with van der Waals surface area (Å²) in [4.78, 5) is 39.0. The zero-order valence-electron chi connectivity index (χ0n) is 15.8. The topological polar surface area (TPSA) is 80.2 Å². The molecule has 2 heterocycles. The van der Waals surface area contributed by atoms with Gasteiger partial charge in [-0.2, -0.15) is 0 Å². The summed E-state index contributed by atoms with van der Waals surface area (Å²) in [5, 5.41) is 2.91. The maximum atomic E-state index is 12.4. The number of benzene rings is 1. The fraction of sp³-hybridized carbons (Fsp3) is 0.550. The van der Waals surface area contributed by atoms with Crippen molar-refractivity contribution in [2.24, 2.45) is 5.92 Å². The van der Waals surface area contributed by atoms with Crippen LogP contribution in [0.3, 0.4) is 0 Å². The standard InChI is InChI=1S/C20H27N3O4/c1-2-27-20(26)15-5-3-11-22(13-15)14-18(24)21-16-7-9-17(10-8-16)23-12-4-6-19(23)25/h7-10,15H,2-6,11-14H2,1H3,(H,21,24)/p+1/t15-/m1/s1. The van der Waals surface area contributed by atoms with Gasteiger partial charge in [0.15, 0.2) is 6.54 Å². The monoisotopic (exact) mass is 374 g/mol. The van der Waals surface area contributed by atoms with E-state index < -0.39 is 0 Å². The minimum absolute atomic E-state index is 0.0699. The lowest BCUT2D eigenvalue weighted by molar-refractivity contribution is -0.899. The van der Waals surface area contributed by atoms with E-state index in [0.29, 0.717) is 31.8 Å². The van der Waals surface area contributed by atoms with Gasteiger partial charge < -0.3 is 19.9 Å². The maximum absolute atomic E-state index is 12.4. The molecule has 0 aliphatic carbocycles. The largest absolute Gasteiger partial charge is 0.466 e. The number of piperidine rings is 1. The molecule has 2 fully saturated rings. The van der Waals surface area contributed by atoms with Crippen LogP contribution in [-0.2, 0) is 19.1 Å². The molecule has 0 spiro atoms. The molecule has 0 bridgehead atoms. The van der Waals surface area contributed by atoms with E-state index in [0.717, 1.165) is 42.9 Å². The Bertz CT molecular complexity index is 689. The van der Waals surface area contributed by atoms with E-state index in [1.165, 1.54) is 0 Å². The molecule has 0 aromatic heterocycles. The SMILES string of the molecule is CCOC(=O)[C@@H]1CCC[NH+](CC(=O)Nc2ccc(N3CCCC3=O)cc2)C1. The van der Waals surface area contributed by atoms with Gasteiger partial charge in [-0.3, -0.25) is 14.4 Å². The number of ether oxygens (including phenoxy) is 1. The second kappa shape index (κ2) is 8.99. The number of quaternary nitrogens is 1. The molecule has 2 aliphatic heterocycles. The normalized spacial score (nSPS) is 22.6. The van der Waals surface area contributed by atoms with Crippen molar-refractivity contribution in [2.45, 2.75) is 32.6 Å². The van der Waals surface area contributed by atoms with Gasteiger partial charge in [-0.15, -0.1) is 0 Å². The molecule has 2 amide bonds. The minimum Gasteiger partial charge on any atom is -0.466 e. The predicted molar refractivity (Wildman–Crippen MR) is 102 cm³/mol. The first-order chi connectivity index (χ1) is 13.1. The highest BCUT2D eigenvalue weighted by molar-refractivity contribution is 5.96. The first kappa shape index (κ1) is 19.4. The molecule has 2 N–H and O–H groups in total. The molecule has 1 aromatic carbocycles. The number of likely N-dealkylation sites (tertiary alicyclic amines) is 1. The van der Waals surface area contributed by atoms with Crippen LogP contribution >= 0.6 is 0 Å². The summed E-state index contributed by atoms with van der Waals surface area (Å²) in [6, 6.07) is 7.38. The molecule has 146 valence electrons. The molecule has 3 rings (SSSR count). The minimum atomic E-state index is -0.151. The number of anilines is 2. The number of hydrogen-bond acceptors (Lipinski definition) is 4.